The first-order valence-electron chi connectivity index (χ1n) is 5.83. The highest BCUT2D eigenvalue weighted by Gasteiger charge is 2.09. The minimum Gasteiger partial charge on any atom is -0.296 e. The van der Waals surface area contributed by atoms with Gasteiger partial charge in [0.15, 0.2) is 0 Å². The van der Waals surface area contributed by atoms with Crippen molar-refractivity contribution in [1.29, 1.82) is 0 Å². The SMILES string of the molecule is CCc1nc2ccccc2n1-c1c[c]ccc1. The normalized spacial score (nSPS) is 10.9. The Labute approximate surface area is 101 Å². The van der Waals surface area contributed by atoms with Crippen LogP contribution in [0.3, 0.4) is 0 Å². The van der Waals surface area contributed by atoms with Crippen molar-refractivity contribution in [2.24, 2.45) is 0 Å². The van der Waals surface area contributed by atoms with Crippen LogP contribution in [0.15, 0.2) is 48.5 Å². The van der Waals surface area contributed by atoms with E-state index in [1.54, 1.807) is 0 Å². The summed E-state index contributed by atoms with van der Waals surface area (Å²) in [5.74, 6) is 1.09. The molecular weight excluding hydrogens is 208 g/mol. The molecule has 83 valence electrons. The van der Waals surface area contributed by atoms with Crippen molar-refractivity contribution >= 4 is 11.0 Å². The Morgan fingerprint density at radius 3 is 2.82 bits per heavy atom. The molecule has 1 aromatic heterocycles. The number of hydrogen-bond donors (Lipinski definition) is 0. The van der Waals surface area contributed by atoms with Gasteiger partial charge in [-0.05, 0) is 30.3 Å². The monoisotopic (exact) mass is 221 g/mol. The van der Waals surface area contributed by atoms with E-state index < -0.39 is 0 Å². The van der Waals surface area contributed by atoms with Gasteiger partial charge in [0.25, 0.3) is 0 Å². The largest absolute Gasteiger partial charge is 0.296 e. The fourth-order valence-electron chi connectivity index (χ4n) is 2.12. The lowest BCUT2D eigenvalue weighted by atomic mass is 10.2. The molecule has 0 bridgehead atoms. The number of nitrogens with zero attached hydrogens (tertiary/aromatic N) is 2. The van der Waals surface area contributed by atoms with Crippen LogP contribution in [0.4, 0.5) is 0 Å². The van der Waals surface area contributed by atoms with Crippen molar-refractivity contribution in [1.82, 2.24) is 9.55 Å². The summed E-state index contributed by atoms with van der Waals surface area (Å²) >= 11 is 0. The quantitative estimate of drug-likeness (QED) is 0.648. The summed E-state index contributed by atoms with van der Waals surface area (Å²) in [6, 6.07) is 19.3. The second-order valence-electron chi connectivity index (χ2n) is 3.97. The average Bonchev–Trinajstić information content (AvgIpc) is 2.78. The van der Waals surface area contributed by atoms with Crippen molar-refractivity contribution in [3.8, 4) is 5.69 Å². The van der Waals surface area contributed by atoms with Gasteiger partial charge in [-0.1, -0.05) is 31.2 Å². The highest BCUT2D eigenvalue weighted by atomic mass is 15.1. The number of imidazole rings is 1. The zero-order valence-electron chi connectivity index (χ0n) is 9.72. The standard InChI is InChI=1S/C15H13N2/c1-2-15-16-13-10-6-7-11-14(13)17(15)12-8-4-3-5-9-12/h3-4,6-11H,2H2,1H3. The van der Waals surface area contributed by atoms with E-state index >= 15 is 0 Å². The molecule has 0 atom stereocenters. The summed E-state index contributed by atoms with van der Waals surface area (Å²) in [4.78, 5) is 4.66. The Balaban J connectivity index is 2.34. The van der Waals surface area contributed by atoms with E-state index in [0.29, 0.717) is 0 Å². The van der Waals surface area contributed by atoms with Gasteiger partial charge in [-0.2, -0.15) is 0 Å². The second-order valence-corrected chi connectivity index (χ2v) is 3.97. The topological polar surface area (TPSA) is 17.8 Å². The number of aryl methyl sites for hydroxylation is 1. The first-order chi connectivity index (χ1) is 8.40. The van der Waals surface area contributed by atoms with Crippen molar-refractivity contribution in [2.45, 2.75) is 13.3 Å². The van der Waals surface area contributed by atoms with Gasteiger partial charge in [0, 0.05) is 12.1 Å². The van der Waals surface area contributed by atoms with Crippen LogP contribution in [-0.2, 0) is 6.42 Å². The fraction of sp³-hybridized carbons (Fsp3) is 0.133. The van der Waals surface area contributed by atoms with Gasteiger partial charge in [-0.3, -0.25) is 4.57 Å². The predicted molar refractivity (Wildman–Crippen MR) is 69.3 cm³/mol. The van der Waals surface area contributed by atoms with Crippen molar-refractivity contribution in [3.63, 3.8) is 0 Å². The lowest BCUT2D eigenvalue weighted by Gasteiger charge is -2.07. The smallest absolute Gasteiger partial charge is 0.114 e. The molecule has 1 radical (unpaired) electrons. The number of hydrogen-bond acceptors (Lipinski definition) is 1. The maximum atomic E-state index is 4.66. The summed E-state index contributed by atoms with van der Waals surface area (Å²) in [7, 11) is 0. The molecule has 1 heterocycles. The molecule has 17 heavy (non-hydrogen) atoms. The lowest BCUT2D eigenvalue weighted by Crippen LogP contribution is -1.99. The van der Waals surface area contributed by atoms with Crippen LogP contribution in [0, 0.1) is 6.07 Å². The molecule has 2 aromatic carbocycles. The van der Waals surface area contributed by atoms with Crippen LogP contribution >= 0.6 is 0 Å². The summed E-state index contributed by atoms with van der Waals surface area (Å²) in [6.07, 6.45) is 0.920. The number of fused-ring (bicyclic) bond motifs is 1. The van der Waals surface area contributed by atoms with Gasteiger partial charge in [-0.15, -0.1) is 0 Å². The van der Waals surface area contributed by atoms with Crippen LogP contribution in [0.2, 0.25) is 0 Å². The Bertz CT molecular complexity index is 638. The van der Waals surface area contributed by atoms with Crippen LogP contribution < -0.4 is 0 Å². The van der Waals surface area contributed by atoms with Crippen molar-refractivity contribution in [3.05, 3.63) is 60.4 Å². The Morgan fingerprint density at radius 2 is 2.06 bits per heavy atom. The van der Waals surface area contributed by atoms with E-state index in [1.165, 1.54) is 0 Å². The highest BCUT2D eigenvalue weighted by Crippen LogP contribution is 2.21. The molecule has 0 N–H and O–H groups in total. The zero-order valence-corrected chi connectivity index (χ0v) is 9.72. The van der Waals surface area contributed by atoms with Gasteiger partial charge < -0.3 is 0 Å². The van der Waals surface area contributed by atoms with Crippen LogP contribution in [0.1, 0.15) is 12.7 Å². The minimum absolute atomic E-state index is 0.920. The summed E-state index contributed by atoms with van der Waals surface area (Å²) in [5, 5.41) is 0. The zero-order chi connectivity index (χ0) is 11.7. The van der Waals surface area contributed by atoms with Crippen molar-refractivity contribution < 1.29 is 0 Å². The van der Waals surface area contributed by atoms with E-state index in [0.717, 1.165) is 29.0 Å². The maximum Gasteiger partial charge on any atom is 0.114 e. The van der Waals surface area contributed by atoms with E-state index in [2.05, 4.69) is 40.7 Å². The fourth-order valence-corrected chi connectivity index (χ4v) is 2.12. The molecule has 3 rings (SSSR count). The van der Waals surface area contributed by atoms with Gasteiger partial charge in [0.2, 0.25) is 0 Å². The Hall–Kier alpha value is -2.09. The maximum absolute atomic E-state index is 4.66. The summed E-state index contributed by atoms with van der Waals surface area (Å²) in [5.41, 5.74) is 3.33. The van der Waals surface area contributed by atoms with Crippen molar-refractivity contribution in [2.75, 3.05) is 0 Å². The molecule has 0 fully saturated rings. The van der Waals surface area contributed by atoms with Gasteiger partial charge in [-0.25, -0.2) is 4.98 Å². The molecule has 3 aromatic rings. The molecule has 0 saturated carbocycles. The molecule has 0 aliphatic rings. The number of para-hydroxylation sites is 2. The average molecular weight is 221 g/mol. The number of aromatic nitrogens is 2. The van der Waals surface area contributed by atoms with E-state index in [9.17, 15) is 0 Å². The lowest BCUT2D eigenvalue weighted by molar-refractivity contribution is 0.908. The van der Waals surface area contributed by atoms with E-state index in [4.69, 9.17) is 0 Å². The molecule has 2 nitrogen and oxygen atoms in total. The molecule has 0 saturated heterocycles. The Kier molecular flexibility index (Phi) is 2.41. The predicted octanol–water partition coefficient (Wildman–Crippen LogP) is 3.39. The van der Waals surface area contributed by atoms with Crippen LogP contribution in [0.5, 0.6) is 0 Å². The van der Waals surface area contributed by atoms with Crippen LogP contribution in [-0.4, -0.2) is 9.55 Å². The highest BCUT2D eigenvalue weighted by molar-refractivity contribution is 5.78. The summed E-state index contributed by atoms with van der Waals surface area (Å²) in [6.45, 7) is 2.13. The molecule has 0 unspecified atom stereocenters. The molecule has 0 spiro atoms. The van der Waals surface area contributed by atoms with E-state index in [1.807, 2.05) is 30.3 Å². The third kappa shape index (κ3) is 1.62. The second kappa shape index (κ2) is 4.06. The number of benzene rings is 2. The van der Waals surface area contributed by atoms with Gasteiger partial charge >= 0.3 is 0 Å². The third-order valence-corrected chi connectivity index (χ3v) is 2.90. The third-order valence-electron chi connectivity index (χ3n) is 2.90. The molecule has 2 heteroatoms. The van der Waals surface area contributed by atoms with Gasteiger partial charge in [0.1, 0.15) is 5.82 Å². The first kappa shape index (κ1) is 10.1. The minimum atomic E-state index is 0.920. The molecule has 0 amide bonds. The van der Waals surface area contributed by atoms with Gasteiger partial charge in [0.05, 0.1) is 11.0 Å². The Morgan fingerprint density at radius 1 is 1.18 bits per heavy atom. The first-order valence-corrected chi connectivity index (χ1v) is 5.83. The molecular formula is C15H13N2. The molecule has 0 aliphatic heterocycles. The van der Waals surface area contributed by atoms with Crippen LogP contribution in [0.25, 0.3) is 16.7 Å². The molecule has 0 aliphatic carbocycles. The number of rotatable bonds is 2. The van der Waals surface area contributed by atoms with E-state index in [-0.39, 0.29) is 0 Å². The summed E-state index contributed by atoms with van der Waals surface area (Å²) < 4.78 is 2.20.